The van der Waals surface area contributed by atoms with Crippen LogP contribution in [-0.2, 0) is 11.2 Å². The third-order valence-electron chi connectivity index (χ3n) is 6.23. The minimum absolute atomic E-state index is 0.125. The lowest BCUT2D eigenvalue weighted by Crippen LogP contribution is -2.47. The minimum Gasteiger partial charge on any atom is -0.493 e. The van der Waals surface area contributed by atoms with E-state index < -0.39 is 0 Å². The lowest BCUT2D eigenvalue weighted by atomic mass is 9.90. The van der Waals surface area contributed by atoms with E-state index in [2.05, 4.69) is 52.0 Å². The number of carbonyl (C=O) groups excluding carboxylic acids is 1. The molecule has 2 aromatic rings. The number of ether oxygens (including phenoxy) is 1. The van der Waals surface area contributed by atoms with Crippen molar-refractivity contribution in [3.63, 3.8) is 0 Å². The van der Waals surface area contributed by atoms with Gasteiger partial charge in [0.15, 0.2) is 5.96 Å². The van der Waals surface area contributed by atoms with E-state index in [9.17, 15) is 4.79 Å². The quantitative estimate of drug-likeness (QED) is 0.576. The summed E-state index contributed by atoms with van der Waals surface area (Å²) in [6, 6.07) is 18.8. The molecule has 2 aromatic carbocycles. The number of aliphatic imine (C=N–C) groups is 1. The highest BCUT2D eigenvalue weighted by Crippen LogP contribution is 2.31. The van der Waals surface area contributed by atoms with Crippen molar-refractivity contribution in [1.29, 1.82) is 0 Å². The third kappa shape index (κ3) is 5.57. The predicted molar refractivity (Wildman–Crippen MR) is 123 cm³/mol. The first-order valence-electron chi connectivity index (χ1n) is 11.2. The first-order chi connectivity index (χ1) is 15.2. The fourth-order valence-corrected chi connectivity index (χ4v) is 4.46. The number of nitrogens with zero attached hydrogens (tertiary/aromatic N) is 2. The van der Waals surface area contributed by atoms with E-state index in [1.807, 2.05) is 23.1 Å². The van der Waals surface area contributed by atoms with Crippen molar-refractivity contribution in [3.05, 3.63) is 65.7 Å². The molecule has 2 aliphatic rings. The molecule has 0 bridgehead atoms. The summed E-state index contributed by atoms with van der Waals surface area (Å²) in [4.78, 5) is 19.0. The number of carbonyl (C=O) groups is 1. The molecule has 0 radical (unpaired) electrons. The van der Waals surface area contributed by atoms with Crippen LogP contribution < -0.4 is 15.4 Å². The van der Waals surface area contributed by atoms with Crippen LogP contribution >= 0.6 is 0 Å². The Hall–Kier alpha value is -3.02. The van der Waals surface area contributed by atoms with Crippen molar-refractivity contribution in [2.24, 2.45) is 10.9 Å². The molecule has 1 atom stereocenters. The Morgan fingerprint density at radius 1 is 1.06 bits per heavy atom. The van der Waals surface area contributed by atoms with Crippen molar-refractivity contribution in [1.82, 2.24) is 15.5 Å². The molecular formula is C25H32N4O2. The summed E-state index contributed by atoms with van der Waals surface area (Å²) in [6.07, 6.45) is 4.09. The van der Waals surface area contributed by atoms with Gasteiger partial charge in [-0.1, -0.05) is 48.5 Å². The largest absolute Gasteiger partial charge is 0.493 e. The zero-order chi connectivity index (χ0) is 21.5. The molecule has 1 saturated heterocycles. The summed E-state index contributed by atoms with van der Waals surface area (Å²) in [7, 11) is 1.74. The highest BCUT2D eigenvalue weighted by molar-refractivity contribution is 5.86. The number of guanidine groups is 1. The maximum Gasteiger partial charge on any atom is 0.241 e. The molecule has 2 heterocycles. The van der Waals surface area contributed by atoms with Crippen molar-refractivity contribution in [2.45, 2.75) is 31.7 Å². The Balaban J connectivity index is 1.23. The normalized spacial score (nSPS) is 19.3. The molecule has 0 spiro atoms. The van der Waals surface area contributed by atoms with Crippen molar-refractivity contribution in [2.75, 3.05) is 33.3 Å². The number of nitrogens with one attached hydrogen (secondary N) is 2. The summed E-state index contributed by atoms with van der Waals surface area (Å²) in [6.45, 7) is 2.59. The minimum atomic E-state index is 0.125. The second-order valence-electron chi connectivity index (χ2n) is 8.31. The monoisotopic (exact) mass is 420 g/mol. The maximum absolute atomic E-state index is 12.7. The molecule has 31 heavy (non-hydrogen) atoms. The molecule has 1 fully saturated rings. The Labute approximate surface area is 184 Å². The molecule has 2 aliphatic heterocycles. The van der Waals surface area contributed by atoms with Crippen molar-refractivity contribution < 1.29 is 9.53 Å². The van der Waals surface area contributed by atoms with Crippen LogP contribution in [0.5, 0.6) is 5.75 Å². The molecule has 1 amide bonds. The van der Waals surface area contributed by atoms with Crippen molar-refractivity contribution >= 4 is 11.9 Å². The Morgan fingerprint density at radius 3 is 2.58 bits per heavy atom. The molecule has 1 unspecified atom stereocenters. The number of rotatable bonds is 5. The molecule has 6 nitrogen and oxygen atoms in total. The number of benzene rings is 2. The molecule has 0 aliphatic carbocycles. The summed E-state index contributed by atoms with van der Waals surface area (Å²) in [5.41, 5.74) is 2.52. The van der Waals surface area contributed by atoms with Crippen LogP contribution in [0.2, 0.25) is 0 Å². The summed E-state index contributed by atoms with van der Waals surface area (Å²) in [5.74, 6) is 2.35. The fourth-order valence-electron chi connectivity index (χ4n) is 4.46. The fraction of sp³-hybridized carbons (Fsp3) is 0.440. The molecule has 0 aromatic heterocycles. The van der Waals surface area contributed by atoms with E-state index in [-0.39, 0.29) is 18.5 Å². The number of hydrogen-bond donors (Lipinski definition) is 2. The SMILES string of the molecule is CN=C(NCC(=O)N1CCC(Cc2ccccc2)CC1)NC1CCOc2ccccc21. The average Bonchev–Trinajstić information content (AvgIpc) is 2.83. The van der Waals surface area contributed by atoms with Crippen LogP contribution in [0.25, 0.3) is 0 Å². The predicted octanol–water partition coefficient (Wildman–Crippen LogP) is 3.16. The van der Waals surface area contributed by atoms with Gasteiger partial charge in [-0.2, -0.15) is 0 Å². The van der Waals surface area contributed by atoms with Crippen LogP contribution in [0.1, 0.15) is 36.4 Å². The van der Waals surface area contributed by atoms with E-state index in [0.29, 0.717) is 18.5 Å². The highest BCUT2D eigenvalue weighted by atomic mass is 16.5. The van der Waals surface area contributed by atoms with Gasteiger partial charge in [-0.15, -0.1) is 0 Å². The third-order valence-corrected chi connectivity index (χ3v) is 6.23. The topological polar surface area (TPSA) is 66.0 Å². The Kier molecular flexibility index (Phi) is 7.07. The maximum atomic E-state index is 12.7. The van der Waals surface area contributed by atoms with Gasteiger partial charge in [-0.25, -0.2) is 0 Å². The molecule has 0 saturated carbocycles. The smallest absolute Gasteiger partial charge is 0.241 e. The average molecular weight is 421 g/mol. The van der Waals surface area contributed by atoms with Gasteiger partial charge in [0.2, 0.25) is 5.91 Å². The van der Waals surface area contributed by atoms with Gasteiger partial charge in [-0.05, 0) is 36.8 Å². The van der Waals surface area contributed by atoms with Crippen LogP contribution in [0.3, 0.4) is 0 Å². The number of likely N-dealkylation sites (tertiary alicyclic amines) is 1. The van der Waals surface area contributed by atoms with E-state index >= 15 is 0 Å². The Morgan fingerprint density at radius 2 is 1.81 bits per heavy atom. The first-order valence-corrected chi connectivity index (χ1v) is 11.2. The van der Waals surface area contributed by atoms with Gasteiger partial charge in [0.25, 0.3) is 0 Å². The van der Waals surface area contributed by atoms with Crippen molar-refractivity contribution in [3.8, 4) is 5.75 Å². The van der Waals surface area contributed by atoms with Crippen LogP contribution in [-0.4, -0.2) is 50.1 Å². The molecular weight excluding hydrogens is 388 g/mol. The lowest BCUT2D eigenvalue weighted by molar-refractivity contribution is -0.131. The van der Waals surface area contributed by atoms with Gasteiger partial charge < -0.3 is 20.3 Å². The highest BCUT2D eigenvalue weighted by Gasteiger charge is 2.24. The zero-order valence-electron chi connectivity index (χ0n) is 18.2. The molecule has 2 N–H and O–H groups in total. The summed E-state index contributed by atoms with van der Waals surface area (Å²) < 4.78 is 5.73. The standard InChI is InChI=1S/C25H32N4O2/c1-26-25(28-22-13-16-31-23-10-6-5-9-21(22)23)27-18-24(30)29-14-11-20(12-15-29)17-19-7-3-2-4-8-19/h2-10,20,22H,11-18H2,1H3,(H2,26,27,28). The van der Waals surface area contributed by atoms with E-state index in [1.165, 1.54) is 5.56 Å². The second-order valence-corrected chi connectivity index (χ2v) is 8.31. The van der Waals surface area contributed by atoms with E-state index in [0.717, 1.165) is 50.1 Å². The van der Waals surface area contributed by atoms with Crippen LogP contribution in [0, 0.1) is 5.92 Å². The van der Waals surface area contributed by atoms with Gasteiger partial charge in [0, 0.05) is 32.1 Å². The van der Waals surface area contributed by atoms with Gasteiger partial charge in [0.1, 0.15) is 5.75 Å². The van der Waals surface area contributed by atoms with Crippen LogP contribution in [0.4, 0.5) is 0 Å². The summed E-state index contributed by atoms with van der Waals surface area (Å²) >= 11 is 0. The van der Waals surface area contributed by atoms with Gasteiger partial charge >= 0.3 is 0 Å². The van der Waals surface area contributed by atoms with E-state index in [4.69, 9.17) is 4.74 Å². The number of piperidine rings is 1. The number of para-hydroxylation sites is 1. The molecule has 4 rings (SSSR count). The number of amides is 1. The molecule has 164 valence electrons. The van der Waals surface area contributed by atoms with Gasteiger partial charge in [0.05, 0.1) is 19.2 Å². The lowest BCUT2D eigenvalue weighted by Gasteiger charge is -2.32. The second kappa shape index (κ2) is 10.3. The number of hydrogen-bond acceptors (Lipinski definition) is 3. The zero-order valence-corrected chi connectivity index (χ0v) is 18.2. The molecule has 6 heteroatoms. The Bertz CT molecular complexity index is 891. The van der Waals surface area contributed by atoms with E-state index in [1.54, 1.807) is 7.05 Å². The number of fused-ring (bicyclic) bond motifs is 1. The van der Waals surface area contributed by atoms with Gasteiger partial charge in [-0.3, -0.25) is 9.79 Å². The first kappa shape index (κ1) is 21.2. The summed E-state index contributed by atoms with van der Waals surface area (Å²) in [5, 5.41) is 6.65. The van der Waals surface area contributed by atoms with Crippen LogP contribution in [0.15, 0.2) is 59.6 Å².